The summed E-state index contributed by atoms with van der Waals surface area (Å²) in [4.78, 5) is 4.15. The van der Waals surface area contributed by atoms with Crippen LogP contribution in [0.5, 0.6) is 0 Å². The Morgan fingerprint density at radius 2 is 2.25 bits per heavy atom. The molecule has 48 valence electrons. The lowest BCUT2D eigenvalue weighted by atomic mass is 10.4. The normalized spacial score (nSPS) is 11.5. The predicted octanol–water partition coefficient (Wildman–Crippen LogP) is 2.18. The third-order valence-corrected chi connectivity index (χ3v) is 1.20. The highest BCUT2D eigenvalue weighted by Crippen LogP contribution is 1.93. The van der Waals surface area contributed by atoms with Crippen LogP contribution in [0.1, 0.15) is 20.8 Å². The van der Waals surface area contributed by atoms with E-state index in [1.54, 1.807) is 11.8 Å². The van der Waals surface area contributed by atoms with Crippen molar-refractivity contribution in [3.05, 3.63) is 0 Å². The molecular weight excluding hydrogens is 118 g/mol. The summed E-state index contributed by atoms with van der Waals surface area (Å²) in [5, 5.41) is 0. The average Bonchev–Trinajstić information content (AvgIpc) is 1.66. The summed E-state index contributed by atoms with van der Waals surface area (Å²) in [5.41, 5.74) is 1.92. The molecule has 0 saturated heterocycles. The fourth-order valence-corrected chi connectivity index (χ4v) is 0.718. The molecule has 0 aromatic rings. The van der Waals surface area contributed by atoms with Crippen molar-refractivity contribution in [2.75, 3.05) is 5.75 Å². The van der Waals surface area contributed by atoms with Gasteiger partial charge in [-0.25, -0.2) is 0 Å². The molecule has 1 nitrogen and oxygen atoms in total. The van der Waals surface area contributed by atoms with Crippen LogP contribution in [0.4, 0.5) is 0 Å². The molecule has 0 aromatic carbocycles. The Morgan fingerprint density at radius 1 is 1.62 bits per heavy atom. The Morgan fingerprint density at radius 3 is 2.62 bits per heavy atom. The third kappa shape index (κ3) is 6.02. The Labute approximate surface area is 55.6 Å². The van der Waals surface area contributed by atoms with Gasteiger partial charge in [-0.3, -0.25) is 4.99 Å². The summed E-state index contributed by atoms with van der Waals surface area (Å²) in [7, 11) is 0. The van der Waals surface area contributed by atoms with E-state index in [9.17, 15) is 0 Å². The van der Waals surface area contributed by atoms with Gasteiger partial charge in [0.1, 0.15) is 0 Å². The zero-order chi connectivity index (χ0) is 6.41. The van der Waals surface area contributed by atoms with Crippen molar-refractivity contribution in [1.82, 2.24) is 0 Å². The van der Waals surface area contributed by atoms with Gasteiger partial charge in [-0.05, 0) is 19.6 Å². The van der Waals surface area contributed by atoms with Crippen LogP contribution in [0.15, 0.2) is 4.99 Å². The van der Waals surface area contributed by atoms with Crippen LogP contribution in [-0.4, -0.2) is 17.3 Å². The Kier molecular flexibility index (Phi) is 5.18. The molecule has 0 radical (unpaired) electrons. The second-order valence-corrected chi connectivity index (χ2v) is 2.93. The first-order valence-electron chi connectivity index (χ1n) is 2.90. The van der Waals surface area contributed by atoms with Gasteiger partial charge < -0.3 is 0 Å². The molecule has 0 bridgehead atoms. The average molecular weight is 131 g/mol. The minimum atomic E-state index is 0.453. The van der Waals surface area contributed by atoms with E-state index in [0.29, 0.717) is 6.04 Å². The van der Waals surface area contributed by atoms with Crippen LogP contribution < -0.4 is 0 Å². The number of hydrogen-bond donors (Lipinski definition) is 0. The summed E-state index contributed by atoms with van der Waals surface area (Å²) in [5.74, 6) is 1.12. The van der Waals surface area contributed by atoms with Crippen molar-refractivity contribution < 1.29 is 0 Å². The van der Waals surface area contributed by atoms with Gasteiger partial charge in [-0.15, -0.1) is 11.8 Å². The van der Waals surface area contributed by atoms with E-state index in [2.05, 4.69) is 25.8 Å². The third-order valence-electron chi connectivity index (χ3n) is 0.600. The van der Waals surface area contributed by atoms with Crippen LogP contribution in [0.2, 0.25) is 0 Å². The highest BCUT2D eigenvalue weighted by Gasteiger charge is 1.80. The largest absolute Gasteiger partial charge is 0.284 e. The number of thioether (sulfide) groups is 1. The molecule has 0 saturated carbocycles. The van der Waals surface area contributed by atoms with Crippen LogP contribution >= 0.6 is 11.8 Å². The lowest BCUT2D eigenvalue weighted by molar-refractivity contribution is 0.843. The van der Waals surface area contributed by atoms with Gasteiger partial charge in [0, 0.05) is 6.04 Å². The highest BCUT2D eigenvalue weighted by molar-refractivity contribution is 8.12. The van der Waals surface area contributed by atoms with Crippen molar-refractivity contribution in [3.63, 3.8) is 0 Å². The van der Waals surface area contributed by atoms with Crippen molar-refractivity contribution in [3.8, 4) is 0 Å². The molecule has 0 aliphatic heterocycles. The van der Waals surface area contributed by atoms with Crippen LogP contribution in [0.25, 0.3) is 0 Å². The molecule has 2 heteroatoms. The van der Waals surface area contributed by atoms with Gasteiger partial charge in [-0.1, -0.05) is 6.92 Å². The minimum Gasteiger partial charge on any atom is -0.284 e. The van der Waals surface area contributed by atoms with Gasteiger partial charge in [0.05, 0.1) is 5.55 Å². The van der Waals surface area contributed by atoms with Crippen molar-refractivity contribution in [2.24, 2.45) is 4.99 Å². The second kappa shape index (κ2) is 5.16. The first-order valence-corrected chi connectivity index (χ1v) is 3.95. The molecule has 0 aliphatic carbocycles. The minimum absolute atomic E-state index is 0.453. The Hall–Kier alpha value is 0.0200. The molecule has 0 atom stereocenters. The van der Waals surface area contributed by atoms with E-state index in [4.69, 9.17) is 0 Å². The zero-order valence-corrected chi connectivity index (χ0v) is 6.53. The van der Waals surface area contributed by atoms with Crippen molar-refractivity contribution in [2.45, 2.75) is 26.8 Å². The Bertz CT molecular complexity index is 68.9. The molecule has 0 aromatic heterocycles. The van der Waals surface area contributed by atoms with Crippen molar-refractivity contribution >= 4 is 17.3 Å². The molecular formula is C6H13NS. The number of hydrogen-bond acceptors (Lipinski definition) is 2. The fourth-order valence-electron chi connectivity index (χ4n) is 0.239. The number of nitrogens with zero attached hydrogens (tertiary/aromatic N) is 1. The lowest BCUT2D eigenvalue weighted by Gasteiger charge is -1.91. The summed E-state index contributed by atoms with van der Waals surface area (Å²) >= 11 is 1.74. The van der Waals surface area contributed by atoms with Gasteiger partial charge in [0.2, 0.25) is 0 Å². The van der Waals surface area contributed by atoms with Gasteiger partial charge in [0.25, 0.3) is 0 Å². The summed E-state index contributed by atoms with van der Waals surface area (Å²) < 4.78 is 0. The SMILES string of the molecule is CCSC=NC(C)C. The van der Waals surface area contributed by atoms with E-state index in [1.165, 1.54) is 0 Å². The molecule has 0 rings (SSSR count). The molecule has 8 heavy (non-hydrogen) atoms. The first kappa shape index (κ1) is 8.02. The molecule has 0 spiro atoms. The summed E-state index contributed by atoms with van der Waals surface area (Å²) in [6, 6.07) is 0.453. The maximum absolute atomic E-state index is 4.15. The second-order valence-electron chi connectivity index (χ2n) is 1.80. The van der Waals surface area contributed by atoms with E-state index >= 15 is 0 Å². The molecule has 0 fully saturated rings. The maximum Gasteiger partial charge on any atom is 0.0544 e. The highest BCUT2D eigenvalue weighted by atomic mass is 32.2. The monoisotopic (exact) mass is 131 g/mol. The molecule has 0 unspecified atom stereocenters. The van der Waals surface area contributed by atoms with E-state index < -0.39 is 0 Å². The van der Waals surface area contributed by atoms with Gasteiger partial charge >= 0.3 is 0 Å². The van der Waals surface area contributed by atoms with Crippen LogP contribution in [-0.2, 0) is 0 Å². The lowest BCUT2D eigenvalue weighted by Crippen LogP contribution is -1.86. The van der Waals surface area contributed by atoms with E-state index in [0.717, 1.165) is 5.75 Å². The predicted molar refractivity (Wildman–Crippen MR) is 41.8 cm³/mol. The molecule has 0 heterocycles. The summed E-state index contributed by atoms with van der Waals surface area (Å²) in [6.45, 7) is 6.27. The van der Waals surface area contributed by atoms with E-state index in [1.807, 2.05) is 5.55 Å². The number of aliphatic imine (C=N–C) groups is 1. The van der Waals surface area contributed by atoms with Crippen LogP contribution in [0, 0.1) is 0 Å². The zero-order valence-electron chi connectivity index (χ0n) is 5.72. The summed E-state index contributed by atoms with van der Waals surface area (Å²) in [6.07, 6.45) is 0. The molecule has 0 aliphatic rings. The molecule has 0 N–H and O–H groups in total. The van der Waals surface area contributed by atoms with Crippen LogP contribution in [0.3, 0.4) is 0 Å². The number of rotatable bonds is 3. The first-order chi connectivity index (χ1) is 3.77. The fraction of sp³-hybridized carbons (Fsp3) is 0.833. The topological polar surface area (TPSA) is 12.4 Å². The Balaban J connectivity index is 3.07. The van der Waals surface area contributed by atoms with Gasteiger partial charge in [0.15, 0.2) is 0 Å². The van der Waals surface area contributed by atoms with Crippen molar-refractivity contribution in [1.29, 1.82) is 0 Å². The quantitative estimate of drug-likeness (QED) is 0.422. The molecule has 0 amide bonds. The maximum atomic E-state index is 4.15. The van der Waals surface area contributed by atoms with Gasteiger partial charge in [-0.2, -0.15) is 0 Å². The standard InChI is InChI=1S/C6H13NS/c1-4-8-5-7-6(2)3/h5-6H,4H2,1-3H3. The van der Waals surface area contributed by atoms with E-state index in [-0.39, 0.29) is 0 Å². The smallest absolute Gasteiger partial charge is 0.0544 e.